The molecule has 0 nitrogen and oxygen atoms in total. The van der Waals surface area contributed by atoms with Crippen LogP contribution in [0.3, 0.4) is 0 Å². The Morgan fingerprint density at radius 1 is 1.11 bits per heavy atom. The summed E-state index contributed by atoms with van der Waals surface area (Å²) in [6.45, 7) is 7.14. The summed E-state index contributed by atoms with van der Waals surface area (Å²) >= 11 is 5.21. The molecule has 0 saturated heterocycles. The Morgan fingerprint density at radius 2 is 1.79 bits per heavy atom. The van der Waals surface area contributed by atoms with Gasteiger partial charge in [-0.2, -0.15) is 0 Å². The third-order valence-corrected chi connectivity index (χ3v) is 6.91. The normalized spacial score (nSPS) is 29.8. The Kier molecular flexibility index (Phi) is 9.97. The van der Waals surface area contributed by atoms with E-state index in [4.69, 9.17) is 0 Å². The van der Waals surface area contributed by atoms with Gasteiger partial charge in [-0.15, -0.1) is 0 Å². The van der Waals surface area contributed by atoms with E-state index in [9.17, 15) is 0 Å². The third-order valence-electron chi connectivity index (χ3n) is 4.89. The fraction of sp³-hybridized carbons (Fsp3) is 1.00. The Labute approximate surface area is 148 Å². The van der Waals surface area contributed by atoms with Crippen LogP contribution in [-0.2, 0) is 0 Å². The van der Waals surface area contributed by atoms with Crippen LogP contribution in [-0.4, -0.2) is 7.85 Å². The number of unbranched alkanes of at least 4 members (excludes halogenated alkanes) is 3. The molecule has 19 heavy (non-hydrogen) atoms. The van der Waals surface area contributed by atoms with Crippen molar-refractivity contribution >= 4 is 45.2 Å². The van der Waals surface area contributed by atoms with Crippen LogP contribution in [0, 0.1) is 17.8 Å². The first-order chi connectivity index (χ1) is 9.04. The van der Waals surface area contributed by atoms with Gasteiger partial charge in [-0.25, -0.2) is 0 Å². The van der Waals surface area contributed by atoms with Crippen LogP contribution in [0.5, 0.6) is 0 Å². The van der Waals surface area contributed by atoms with Gasteiger partial charge in [0.1, 0.15) is 0 Å². The molecule has 1 aliphatic rings. The number of alkyl halides is 2. The number of hydrogen-bond donors (Lipinski definition) is 0. The lowest BCUT2D eigenvalue weighted by Gasteiger charge is -2.44. The number of hydrogen-bond acceptors (Lipinski definition) is 0. The SMILES string of the molecule is CCC(I)CCCCCCC1C[C@@H](C)C1CC(C)I. The van der Waals surface area contributed by atoms with Gasteiger partial charge in [0.15, 0.2) is 0 Å². The van der Waals surface area contributed by atoms with Crippen molar-refractivity contribution < 1.29 is 0 Å². The first-order valence-electron chi connectivity index (χ1n) is 8.32. The summed E-state index contributed by atoms with van der Waals surface area (Å²) in [7, 11) is 0. The molecule has 0 amide bonds. The fourth-order valence-electron chi connectivity index (χ4n) is 3.56. The van der Waals surface area contributed by atoms with E-state index >= 15 is 0 Å². The smallest absolute Gasteiger partial charge is 0.0107 e. The van der Waals surface area contributed by atoms with Crippen molar-refractivity contribution in [3.05, 3.63) is 0 Å². The van der Waals surface area contributed by atoms with E-state index in [1.807, 2.05) is 0 Å². The molecule has 1 saturated carbocycles. The van der Waals surface area contributed by atoms with Crippen LogP contribution >= 0.6 is 45.2 Å². The summed E-state index contributed by atoms with van der Waals surface area (Å²) in [5.74, 6) is 3.12. The van der Waals surface area contributed by atoms with E-state index < -0.39 is 0 Å². The van der Waals surface area contributed by atoms with Gasteiger partial charge in [-0.1, -0.05) is 98.1 Å². The molecule has 0 aromatic carbocycles. The van der Waals surface area contributed by atoms with Crippen molar-refractivity contribution in [2.75, 3.05) is 0 Å². The van der Waals surface area contributed by atoms with E-state index in [1.165, 1.54) is 57.8 Å². The Bertz CT molecular complexity index is 227. The maximum atomic E-state index is 2.61. The molecule has 0 aromatic rings. The second kappa shape index (κ2) is 10.2. The van der Waals surface area contributed by atoms with Gasteiger partial charge in [0, 0.05) is 7.85 Å². The van der Waals surface area contributed by atoms with Crippen molar-refractivity contribution in [2.45, 2.75) is 86.4 Å². The molecule has 0 spiro atoms. The third kappa shape index (κ3) is 7.32. The van der Waals surface area contributed by atoms with E-state index in [0.717, 1.165) is 25.6 Å². The summed E-state index contributed by atoms with van der Waals surface area (Å²) in [6.07, 6.45) is 13.2. The minimum absolute atomic E-state index is 0.863. The van der Waals surface area contributed by atoms with Crippen LogP contribution in [0.25, 0.3) is 0 Å². The van der Waals surface area contributed by atoms with E-state index in [-0.39, 0.29) is 0 Å². The molecule has 0 bridgehead atoms. The molecule has 0 aromatic heterocycles. The fourth-order valence-corrected chi connectivity index (χ4v) is 4.59. The van der Waals surface area contributed by atoms with E-state index in [0.29, 0.717) is 0 Å². The molecular formula is C17H32I2. The molecular weight excluding hydrogens is 458 g/mol. The maximum absolute atomic E-state index is 2.61. The lowest BCUT2D eigenvalue weighted by Crippen LogP contribution is -2.36. The molecule has 4 unspecified atom stereocenters. The number of halogens is 2. The van der Waals surface area contributed by atoms with Gasteiger partial charge in [-0.05, 0) is 43.4 Å². The zero-order valence-electron chi connectivity index (χ0n) is 13.0. The number of rotatable bonds is 10. The van der Waals surface area contributed by atoms with Crippen LogP contribution in [0.2, 0.25) is 0 Å². The average Bonchev–Trinajstić information content (AvgIpc) is 2.38. The largest absolute Gasteiger partial charge is 0.0829 e. The van der Waals surface area contributed by atoms with Crippen LogP contribution in [0.15, 0.2) is 0 Å². The molecule has 2 heteroatoms. The van der Waals surface area contributed by atoms with Gasteiger partial charge >= 0.3 is 0 Å². The molecule has 0 aliphatic heterocycles. The quantitative estimate of drug-likeness (QED) is 0.175. The molecule has 1 fully saturated rings. The zero-order chi connectivity index (χ0) is 14.3. The Morgan fingerprint density at radius 3 is 2.37 bits per heavy atom. The molecule has 114 valence electrons. The highest BCUT2D eigenvalue weighted by atomic mass is 127. The first-order valence-corrected chi connectivity index (χ1v) is 10.8. The molecule has 1 aliphatic carbocycles. The van der Waals surface area contributed by atoms with Crippen LogP contribution in [0.1, 0.15) is 78.6 Å². The highest BCUT2D eigenvalue weighted by Crippen LogP contribution is 2.46. The summed E-state index contributed by atoms with van der Waals surface area (Å²) in [5.41, 5.74) is 0. The second-order valence-electron chi connectivity index (χ2n) is 6.65. The maximum Gasteiger partial charge on any atom is 0.0107 e. The predicted molar refractivity (Wildman–Crippen MR) is 105 cm³/mol. The van der Waals surface area contributed by atoms with Crippen molar-refractivity contribution in [1.82, 2.24) is 0 Å². The lowest BCUT2D eigenvalue weighted by atomic mass is 9.62. The predicted octanol–water partition coefficient (Wildman–Crippen LogP) is 7.03. The van der Waals surface area contributed by atoms with Crippen molar-refractivity contribution in [2.24, 2.45) is 17.8 Å². The average molecular weight is 490 g/mol. The second-order valence-corrected chi connectivity index (χ2v) is 10.5. The van der Waals surface area contributed by atoms with E-state index in [2.05, 4.69) is 66.0 Å². The molecule has 0 heterocycles. The molecule has 0 N–H and O–H groups in total. The summed E-state index contributed by atoms with van der Waals surface area (Å²) in [6, 6.07) is 0. The minimum atomic E-state index is 0.863. The minimum Gasteiger partial charge on any atom is -0.0829 e. The van der Waals surface area contributed by atoms with Crippen molar-refractivity contribution in [1.29, 1.82) is 0 Å². The first kappa shape index (κ1) is 18.5. The van der Waals surface area contributed by atoms with Crippen molar-refractivity contribution in [3.63, 3.8) is 0 Å². The zero-order valence-corrected chi connectivity index (χ0v) is 17.3. The van der Waals surface area contributed by atoms with Crippen LogP contribution < -0.4 is 0 Å². The van der Waals surface area contributed by atoms with Crippen LogP contribution in [0.4, 0.5) is 0 Å². The van der Waals surface area contributed by atoms with Gasteiger partial charge in [0.05, 0.1) is 0 Å². The van der Waals surface area contributed by atoms with E-state index in [1.54, 1.807) is 0 Å². The highest BCUT2D eigenvalue weighted by Gasteiger charge is 2.37. The summed E-state index contributed by atoms with van der Waals surface area (Å²) in [5, 5.41) is 0. The Balaban J connectivity index is 2.00. The van der Waals surface area contributed by atoms with Gasteiger partial charge in [-0.3, -0.25) is 0 Å². The Hall–Kier alpha value is 1.46. The van der Waals surface area contributed by atoms with Gasteiger partial charge in [0.25, 0.3) is 0 Å². The van der Waals surface area contributed by atoms with Gasteiger partial charge < -0.3 is 0 Å². The van der Waals surface area contributed by atoms with Gasteiger partial charge in [0.2, 0.25) is 0 Å². The molecule has 0 radical (unpaired) electrons. The molecule has 1 rings (SSSR count). The van der Waals surface area contributed by atoms with Crippen molar-refractivity contribution in [3.8, 4) is 0 Å². The topological polar surface area (TPSA) is 0 Å². The monoisotopic (exact) mass is 490 g/mol. The standard InChI is InChI=1S/C17H32I2/c1-4-16(19)10-8-6-5-7-9-15-11-13(2)17(15)12-14(3)18/h13-17H,4-12H2,1-3H3/t13-,14?,15?,16?,17?/m1/s1. The summed E-state index contributed by atoms with van der Waals surface area (Å²) < 4.78 is 1.78. The summed E-state index contributed by atoms with van der Waals surface area (Å²) in [4.78, 5) is 0. The molecule has 5 atom stereocenters. The highest BCUT2D eigenvalue weighted by molar-refractivity contribution is 14.1. The lowest BCUT2D eigenvalue weighted by molar-refractivity contribution is 0.0691.